The number of amides is 12. The van der Waals surface area contributed by atoms with Crippen molar-refractivity contribution in [3.05, 3.63) is 0 Å². The predicted octanol–water partition coefficient (Wildman–Crippen LogP) is 2.96. The molecule has 0 bridgehead atoms. The fourth-order valence-electron chi connectivity index (χ4n) is 12.9. The van der Waals surface area contributed by atoms with Gasteiger partial charge in [-0.2, -0.15) is 5.06 Å². The Hall–Kier alpha value is -6.76. The van der Waals surface area contributed by atoms with Gasteiger partial charge in [0, 0.05) is 76.1 Å². The van der Waals surface area contributed by atoms with Crippen molar-refractivity contribution < 1.29 is 81.7 Å². The third kappa shape index (κ3) is 26.4. The lowest BCUT2D eigenvalue weighted by atomic mass is 9.90. The summed E-state index contributed by atoms with van der Waals surface area (Å²) >= 11 is 0. The maximum atomic E-state index is 15.5. The number of morpholine rings is 1. The Labute approximate surface area is 608 Å². The van der Waals surface area contributed by atoms with E-state index in [1.54, 1.807) is 48.5 Å². The van der Waals surface area contributed by atoms with Crippen molar-refractivity contribution in [3.63, 3.8) is 0 Å². The molecular weight excluding hydrogens is 1320 g/mol. The first-order chi connectivity index (χ1) is 47.5. The predicted molar refractivity (Wildman–Crippen MR) is 386 cm³/mol. The number of hydroxylamine groups is 2. The topological polar surface area (TPSA) is 339 Å². The van der Waals surface area contributed by atoms with Crippen LogP contribution < -0.4 is 21.3 Å². The van der Waals surface area contributed by atoms with Crippen LogP contribution >= 0.6 is 0 Å². The van der Waals surface area contributed by atoms with E-state index in [0.717, 1.165) is 45.8 Å². The van der Waals surface area contributed by atoms with Crippen molar-refractivity contribution in [2.24, 2.45) is 35.5 Å². The molecule has 14 atom stereocenters. The maximum absolute atomic E-state index is 15.5. The summed E-state index contributed by atoms with van der Waals surface area (Å²) in [6.07, 6.45) is -0.720. The number of aliphatic hydroxyl groups excluding tert-OH is 1. The third-order valence-corrected chi connectivity index (χ3v) is 19.7. The lowest BCUT2D eigenvalue weighted by molar-refractivity contribution is -0.157. The largest absolute Gasteiger partial charge is 0.448 e. The molecule has 2 heterocycles. The zero-order valence-corrected chi connectivity index (χ0v) is 66.3. The highest BCUT2D eigenvalue weighted by Gasteiger charge is 2.47. The van der Waals surface area contributed by atoms with E-state index in [4.69, 9.17) is 19.0 Å². The standard InChI is InChI=1S/C72H131N13O17/c1-26-52-67(93)77(17)50(15)66(92)82(22)58(51(16)101-35-30-28-32-85-33-37-100-38-34-85)63(89)76-56(45(8)9)70(96)78(18)53(39-42(2)3)62(88)73-48(13)61(87)74-49(14)65(91)79(19)54(40-43(4)5)68(94)80(20)55(41-44(6)7)69(95)81(21)57(46(10)11)71(97)83(23)59(64(90)75-52)60(86)47(12)31-27-29-36-102-72(98)84(24)99-25/h42-60,86H,26-41H2,1-25H3,(H,73,88)(H,74,87)(H,75,90)(H,76,89)/t47-,48+,49-,50-,51-,52+,53+,54+,55+,56+,57+,58+,59+,60-/m1/s1. The number of rotatable bonds is 24. The van der Waals surface area contributed by atoms with E-state index in [0.29, 0.717) is 32.5 Å². The van der Waals surface area contributed by atoms with E-state index < -0.39 is 167 Å². The number of aliphatic hydroxyl groups is 1. The first kappa shape index (κ1) is 91.3. The highest BCUT2D eigenvalue weighted by molar-refractivity contribution is 6.00. The van der Waals surface area contributed by atoms with Gasteiger partial charge in [-0.25, -0.2) is 4.79 Å². The highest BCUT2D eigenvalue weighted by Crippen LogP contribution is 2.27. The second-order valence-electron chi connectivity index (χ2n) is 30.0. The SMILES string of the molecule is CC[C@@H]1NC(=O)[C@H]([C@H](O)[C@H](C)CCCCOC(=O)N(C)OC)N(C)C(=O)[C@H](C(C)C)N(C)C(=O)[C@H](CC(C)C)N(C)C(=O)[C@H](CC(C)C)N(C)C(=O)[C@@H](C)NC(=O)[C@H](C)NC(=O)[C@H](CC(C)C)N(C)C(=O)[C@H](C(C)C)NC(=O)[C@H]([C@@H](C)OCCCCN2CCOCC2)N(C)C(=O)[C@@H](C)N(C)C1=O. The lowest BCUT2D eigenvalue weighted by Gasteiger charge is -2.41. The van der Waals surface area contributed by atoms with Crippen molar-refractivity contribution in [1.82, 2.24) is 65.5 Å². The number of ether oxygens (including phenoxy) is 3. The summed E-state index contributed by atoms with van der Waals surface area (Å²) in [4.78, 5) is 192. The van der Waals surface area contributed by atoms with E-state index in [-0.39, 0.29) is 63.1 Å². The molecule has 586 valence electrons. The van der Waals surface area contributed by atoms with Gasteiger partial charge in [0.2, 0.25) is 65.0 Å². The molecule has 0 spiro atoms. The molecule has 30 heteroatoms. The molecule has 2 saturated heterocycles. The van der Waals surface area contributed by atoms with Crippen molar-refractivity contribution >= 4 is 71.1 Å². The minimum Gasteiger partial charge on any atom is -0.448 e. The van der Waals surface area contributed by atoms with Gasteiger partial charge < -0.3 is 74.9 Å². The van der Waals surface area contributed by atoms with Crippen LogP contribution in [0.25, 0.3) is 0 Å². The number of carbonyl (C=O) groups is 12. The number of likely N-dealkylation sites (N-methyl/N-ethyl adjacent to an activating group) is 7. The van der Waals surface area contributed by atoms with Gasteiger partial charge in [0.05, 0.1) is 39.1 Å². The highest BCUT2D eigenvalue weighted by atomic mass is 16.7. The summed E-state index contributed by atoms with van der Waals surface area (Å²) in [5, 5.41) is 24.5. The smallest absolute Gasteiger partial charge is 0.433 e. The molecule has 2 aliphatic heterocycles. The van der Waals surface area contributed by atoms with Crippen LogP contribution in [0.2, 0.25) is 0 Å². The Morgan fingerprint density at radius 2 is 1.00 bits per heavy atom. The van der Waals surface area contributed by atoms with Gasteiger partial charge in [-0.1, -0.05) is 83.1 Å². The molecule has 2 fully saturated rings. The molecule has 5 N–H and O–H groups in total. The first-order valence-corrected chi connectivity index (χ1v) is 36.6. The van der Waals surface area contributed by atoms with E-state index >= 15 is 28.8 Å². The average Bonchev–Trinajstić information content (AvgIpc) is 0.803. The molecule has 0 saturated carbocycles. The van der Waals surface area contributed by atoms with E-state index in [1.807, 2.05) is 41.5 Å². The summed E-state index contributed by atoms with van der Waals surface area (Å²) < 4.78 is 17.2. The van der Waals surface area contributed by atoms with E-state index in [1.165, 1.54) is 104 Å². The van der Waals surface area contributed by atoms with Gasteiger partial charge in [-0.15, -0.1) is 0 Å². The Morgan fingerprint density at radius 3 is 1.52 bits per heavy atom. The van der Waals surface area contributed by atoms with Crippen LogP contribution in [0.15, 0.2) is 0 Å². The summed E-state index contributed by atoms with van der Waals surface area (Å²) in [5.74, 6) is -10.6. The van der Waals surface area contributed by atoms with Crippen molar-refractivity contribution in [2.45, 2.75) is 247 Å². The Morgan fingerprint density at radius 1 is 0.520 bits per heavy atom. The second-order valence-corrected chi connectivity index (χ2v) is 30.0. The molecular formula is C72H131N13O17. The molecule has 102 heavy (non-hydrogen) atoms. The monoisotopic (exact) mass is 1450 g/mol. The molecule has 2 rings (SSSR count). The normalized spacial score (nSPS) is 26.3. The molecule has 0 aromatic heterocycles. The lowest BCUT2D eigenvalue weighted by Crippen LogP contribution is -2.64. The molecule has 0 radical (unpaired) electrons. The minimum atomic E-state index is -1.73. The van der Waals surface area contributed by atoms with Crippen LogP contribution in [0.4, 0.5) is 4.79 Å². The molecule has 12 amide bonds. The fraction of sp³-hybridized carbons (Fsp3) is 0.833. The van der Waals surface area contributed by atoms with Gasteiger partial charge in [0.15, 0.2) is 0 Å². The van der Waals surface area contributed by atoms with Crippen molar-refractivity contribution in [1.29, 1.82) is 0 Å². The molecule has 0 aromatic carbocycles. The fourth-order valence-corrected chi connectivity index (χ4v) is 12.9. The van der Waals surface area contributed by atoms with Crippen LogP contribution in [0, 0.1) is 35.5 Å². The van der Waals surface area contributed by atoms with Crippen LogP contribution in [-0.2, 0) is 71.8 Å². The van der Waals surface area contributed by atoms with Crippen LogP contribution in [-0.4, -0.2) is 309 Å². The Kier molecular flexibility index (Phi) is 38.9. The van der Waals surface area contributed by atoms with Gasteiger partial charge in [-0.3, -0.25) is 62.5 Å². The Balaban J connectivity index is 3.02. The van der Waals surface area contributed by atoms with Crippen LogP contribution in [0.1, 0.15) is 169 Å². The summed E-state index contributed by atoms with van der Waals surface area (Å²) in [6, 6.07) is -14.6. The zero-order valence-electron chi connectivity index (χ0n) is 66.3. The van der Waals surface area contributed by atoms with E-state index in [2.05, 4.69) is 26.2 Å². The molecule has 0 aliphatic carbocycles. The van der Waals surface area contributed by atoms with Gasteiger partial charge >= 0.3 is 6.09 Å². The quantitative estimate of drug-likeness (QED) is 0.0685. The summed E-state index contributed by atoms with van der Waals surface area (Å²) in [6.45, 7) is 31.0. The number of hydrogen-bond acceptors (Lipinski definition) is 18. The van der Waals surface area contributed by atoms with Crippen LogP contribution in [0.5, 0.6) is 0 Å². The molecule has 2 aliphatic rings. The number of unbranched alkanes of at least 4 members (excludes halogenated alkanes) is 2. The molecule has 0 aromatic rings. The van der Waals surface area contributed by atoms with Crippen molar-refractivity contribution in [3.8, 4) is 0 Å². The van der Waals surface area contributed by atoms with Crippen molar-refractivity contribution in [2.75, 3.05) is 110 Å². The average molecular weight is 1450 g/mol. The molecule has 0 unspecified atom stereocenters. The third-order valence-electron chi connectivity index (χ3n) is 19.7. The van der Waals surface area contributed by atoms with Gasteiger partial charge in [0.25, 0.3) is 0 Å². The number of nitrogens with zero attached hydrogens (tertiary/aromatic N) is 9. The minimum absolute atomic E-state index is 0.00201. The Bertz CT molecular complexity index is 2750. The second kappa shape index (κ2) is 43.5. The number of hydrogen-bond donors (Lipinski definition) is 5. The first-order valence-electron chi connectivity index (χ1n) is 36.6. The van der Waals surface area contributed by atoms with Crippen LogP contribution in [0.3, 0.4) is 0 Å². The molecule has 30 nitrogen and oxygen atoms in total. The maximum Gasteiger partial charge on any atom is 0.433 e. The zero-order chi connectivity index (χ0) is 78.1. The van der Waals surface area contributed by atoms with Gasteiger partial charge in [0.1, 0.15) is 66.5 Å². The summed E-state index contributed by atoms with van der Waals surface area (Å²) in [7, 11) is 12.5. The van der Waals surface area contributed by atoms with Gasteiger partial charge in [-0.05, 0) is 128 Å². The van der Waals surface area contributed by atoms with E-state index in [9.17, 15) is 33.9 Å². The number of carbonyl (C=O) groups excluding carboxylic acids is 12. The summed E-state index contributed by atoms with van der Waals surface area (Å²) in [5.41, 5.74) is 0. The number of nitrogens with one attached hydrogen (secondary N) is 4.